The molecule has 2 aliphatic heterocycles. The SMILES string of the molecule is Cc1ccc(CC2(O)CCN(CC3Cc4ccccc4N3)CC2)cc1. The van der Waals surface area contributed by atoms with Crippen LogP contribution in [0, 0.1) is 6.92 Å². The van der Waals surface area contributed by atoms with Gasteiger partial charge in [-0.3, -0.25) is 0 Å². The molecule has 2 aromatic carbocycles. The van der Waals surface area contributed by atoms with Crippen LogP contribution in [0.1, 0.15) is 29.5 Å². The van der Waals surface area contributed by atoms with E-state index in [0.717, 1.165) is 45.3 Å². The van der Waals surface area contributed by atoms with Gasteiger partial charge in [0.1, 0.15) is 0 Å². The van der Waals surface area contributed by atoms with E-state index < -0.39 is 5.60 Å². The van der Waals surface area contributed by atoms with Crippen molar-refractivity contribution >= 4 is 5.69 Å². The van der Waals surface area contributed by atoms with E-state index in [2.05, 4.69) is 65.7 Å². The molecule has 0 amide bonds. The Morgan fingerprint density at radius 1 is 1.08 bits per heavy atom. The number of anilines is 1. The lowest BCUT2D eigenvalue weighted by Crippen LogP contribution is -2.48. The largest absolute Gasteiger partial charge is 0.389 e. The second-order valence-electron chi connectivity index (χ2n) is 7.89. The summed E-state index contributed by atoms with van der Waals surface area (Å²) >= 11 is 0. The number of para-hydroxylation sites is 1. The number of rotatable bonds is 4. The molecule has 2 aliphatic rings. The predicted molar refractivity (Wildman–Crippen MR) is 103 cm³/mol. The van der Waals surface area contributed by atoms with E-state index in [1.807, 2.05) is 0 Å². The monoisotopic (exact) mass is 336 g/mol. The molecule has 0 saturated carbocycles. The first-order chi connectivity index (χ1) is 12.1. The van der Waals surface area contributed by atoms with Crippen LogP contribution < -0.4 is 5.32 Å². The molecule has 0 radical (unpaired) electrons. The number of piperidine rings is 1. The topological polar surface area (TPSA) is 35.5 Å². The number of hydrogen-bond donors (Lipinski definition) is 2. The first-order valence-corrected chi connectivity index (χ1v) is 9.44. The summed E-state index contributed by atoms with van der Waals surface area (Å²) in [7, 11) is 0. The Morgan fingerprint density at radius 2 is 1.80 bits per heavy atom. The van der Waals surface area contributed by atoms with Gasteiger partial charge >= 0.3 is 0 Å². The van der Waals surface area contributed by atoms with Gasteiger partial charge < -0.3 is 15.3 Å². The highest BCUT2D eigenvalue weighted by Crippen LogP contribution is 2.29. The number of likely N-dealkylation sites (tertiary alicyclic amines) is 1. The smallest absolute Gasteiger partial charge is 0.0712 e. The number of hydrogen-bond acceptors (Lipinski definition) is 3. The standard InChI is InChI=1S/C22H28N2O/c1-17-6-8-18(9-7-17)15-22(25)10-12-24(13-11-22)16-20-14-19-4-2-3-5-21(19)23-20/h2-9,20,23,25H,10-16H2,1H3. The van der Waals surface area contributed by atoms with Gasteiger partial charge in [0.25, 0.3) is 0 Å². The Balaban J connectivity index is 1.29. The Kier molecular flexibility index (Phi) is 4.53. The lowest BCUT2D eigenvalue weighted by Gasteiger charge is -2.39. The van der Waals surface area contributed by atoms with Gasteiger partial charge in [-0.15, -0.1) is 0 Å². The molecule has 1 fully saturated rings. The number of aryl methyl sites for hydroxylation is 1. The Morgan fingerprint density at radius 3 is 2.52 bits per heavy atom. The Bertz CT molecular complexity index is 692. The zero-order valence-corrected chi connectivity index (χ0v) is 15.0. The number of aliphatic hydroxyl groups is 1. The molecule has 25 heavy (non-hydrogen) atoms. The first-order valence-electron chi connectivity index (χ1n) is 9.44. The Labute approximate surface area is 150 Å². The van der Waals surface area contributed by atoms with E-state index in [9.17, 15) is 5.11 Å². The predicted octanol–water partition coefficient (Wildman–Crippen LogP) is 3.40. The molecule has 0 aromatic heterocycles. The van der Waals surface area contributed by atoms with Crippen LogP contribution in [0.2, 0.25) is 0 Å². The van der Waals surface area contributed by atoms with Crippen LogP contribution in [0.4, 0.5) is 5.69 Å². The van der Waals surface area contributed by atoms with Crippen molar-refractivity contribution in [3.63, 3.8) is 0 Å². The molecule has 1 saturated heterocycles. The summed E-state index contributed by atoms with van der Waals surface area (Å²) in [6.45, 7) is 5.13. The molecule has 2 heterocycles. The van der Waals surface area contributed by atoms with E-state index in [1.54, 1.807) is 0 Å². The van der Waals surface area contributed by atoms with Crippen molar-refractivity contribution in [2.45, 2.75) is 44.2 Å². The van der Waals surface area contributed by atoms with Crippen molar-refractivity contribution in [2.24, 2.45) is 0 Å². The Hall–Kier alpha value is -1.84. The second kappa shape index (κ2) is 6.81. The van der Waals surface area contributed by atoms with E-state index in [1.165, 1.54) is 22.4 Å². The third kappa shape index (κ3) is 3.88. The van der Waals surface area contributed by atoms with Crippen LogP contribution in [0.15, 0.2) is 48.5 Å². The zero-order chi connectivity index (χ0) is 17.3. The summed E-state index contributed by atoms with van der Waals surface area (Å²) in [5.74, 6) is 0. The summed E-state index contributed by atoms with van der Waals surface area (Å²) in [6.07, 6.45) is 3.61. The number of benzene rings is 2. The van der Waals surface area contributed by atoms with Crippen LogP contribution in [0.3, 0.4) is 0 Å². The highest BCUT2D eigenvalue weighted by molar-refractivity contribution is 5.56. The van der Waals surface area contributed by atoms with Crippen molar-refractivity contribution in [3.05, 3.63) is 65.2 Å². The molecule has 1 atom stereocenters. The molecule has 3 heteroatoms. The summed E-state index contributed by atoms with van der Waals surface area (Å²) in [4.78, 5) is 2.51. The van der Waals surface area contributed by atoms with E-state index in [4.69, 9.17) is 0 Å². The summed E-state index contributed by atoms with van der Waals surface area (Å²) in [6, 6.07) is 17.7. The lowest BCUT2D eigenvalue weighted by molar-refractivity contribution is -0.0211. The maximum absolute atomic E-state index is 11.0. The molecule has 4 rings (SSSR count). The normalized spacial score (nSPS) is 22.4. The molecule has 3 nitrogen and oxygen atoms in total. The summed E-state index contributed by atoms with van der Waals surface area (Å²) in [5.41, 5.74) is 4.70. The number of nitrogens with one attached hydrogen (secondary N) is 1. The highest BCUT2D eigenvalue weighted by atomic mass is 16.3. The third-order valence-electron chi connectivity index (χ3n) is 5.76. The highest BCUT2D eigenvalue weighted by Gasteiger charge is 2.33. The minimum absolute atomic E-state index is 0.501. The van der Waals surface area contributed by atoms with E-state index in [0.29, 0.717) is 6.04 Å². The van der Waals surface area contributed by atoms with Crippen LogP contribution in [0.5, 0.6) is 0 Å². The molecule has 2 N–H and O–H groups in total. The molecule has 0 aliphatic carbocycles. The number of nitrogens with zero attached hydrogens (tertiary/aromatic N) is 1. The molecular weight excluding hydrogens is 308 g/mol. The van der Waals surface area contributed by atoms with Crippen LogP contribution in [-0.2, 0) is 12.8 Å². The molecular formula is C22H28N2O. The second-order valence-corrected chi connectivity index (χ2v) is 7.89. The molecule has 0 spiro atoms. The average Bonchev–Trinajstić information content (AvgIpc) is 3.02. The quantitative estimate of drug-likeness (QED) is 0.898. The fourth-order valence-corrected chi connectivity index (χ4v) is 4.21. The lowest BCUT2D eigenvalue weighted by atomic mass is 9.85. The van der Waals surface area contributed by atoms with Crippen molar-refractivity contribution in [1.82, 2.24) is 4.90 Å². The molecule has 0 bridgehead atoms. The fourth-order valence-electron chi connectivity index (χ4n) is 4.21. The van der Waals surface area contributed by atoms with Gasteiger partial charge in [0.05, 0.1) is 5.60 Å². The maximum Gasteiger partial charge on any atom is 0.0712 e. The van der Waals surface area contributed by atoms with Crippen molar-refractivity contribution in [3.8, 4) is 0 Å². The summed E-state index contributed by atoms with van der Waals surface area (Å²) < 4.78 is 0. The van der Waals surface area contributed by atoms with E-state index in [-0.39, 0.29) is 0 Å². The third-order valence-corrected chi connectivity index (χ3v) is 5.76. The van der Waals surface area contributed by atoms with Gasteiger partial charge in [0.2, 0.25) is 0 Å². The van der Waals surface area contributed by atoms with Gasteiger partial charge in [-0.05, 0) is 43.4 Å². The minimum Gasteiger partial charge on any atom is -0.389 e. The zero-order valence-electron chi connectivity index (χ0n) is 15.0. The summed E-state index contributed by atoms with van der Waals surface area (Å²) in [5, 5.41) is 14.6. The van der Waals surface area contributed by atoms with Crippen LogP contribution in [-0.4, -0.2) is 41.3 Å². The van der Waals surface area contributed by atoms with Gasteiger partial charge in [-0.25, -0.2) is 0 Å². The minimum atomic E-state index is -0.544. The van der Waals surface area contributed by atoms with Crippen molar-refractivity contribution in [2.75, 3.05) is 25.0 Å². The first kappa shape index (κ1) is 16.6. The van der Waals surface area contributed by atoms with Gasteiger partial charge in [0, 0.05) is 37.8 Å². The fraction of sp³-hybridized carbons (Fsp3) is 0.455. The van der Waals surface area contributed by atoms with E-state index >= 15 is 0 Å². The molecule has 1 unspecified atom stereocenters. The van der Waals surface area contributed by atoms with Crippen molar-refractivity contribution < 1.29 is 5.11 Å². The van der Waals surface area contributed by atoms with Gasteiger partial charge in [-0.2, -0.15) is 0 Å². The van der Waals surface area contributed by atoms with Gasteiger partial charge in [-0.1, -0.05) is 48.0 Å². The van der Waals surface area contributed by atoms with Crippen LogP contribution >= 0.6 is 0 Å². The van der Waals surface area contributed by atoms with Crippen molar-refractivity contribution in [1.29, 1.82) is 0 Å². The van der Waals surface area contributed by atoms with Gasteiger partial charge in [0.15, 0.2) is 0 Å². The molecule has 2 aromatic rings. The van der Waals surface area contributed by atoms with Crippen LogP contribution in [0.25, 0.3) is 0 Å². The maximum atomic E-state index is 11.0. The molecule has 132 valence electrons. The average molecular weight is 336 g/mol. The number of fused-ring (bicyclic) bond motifs is 1.